The van der Waals surface area contributed by atoms with Gasteiger partial charge >= 0.3 is 7.12 Å². The first-order chi connectivity index (χ1) is 8.02. The lowest BCUT2D eigenvalue weighted by molar-refractivity contribution is -0.125. The van der Waals surface area contributed by atoms with Crippen LogP contribution in [-0.4, -0.2) is 37.2 Å². The number of rotatable bonds is 9. The molecular formula is C10H22BN3O3. The molecule has 17 heavy (non-hydrogen) atoms. The molecular weight excluding hydrogens is 221 g/mol. The van der Waals surface area contributed by atoms with Gasteiger partial charge < -0.3 is 20.8 Å². The Balaban J connectivity index is 3.97. The second-order valence-electron chi connectivity index (χ2n) is 3.87. The Bertz CT molecular complexity index is 251. The van der Waals surface area contributed by atoms with E-state index in [1.165, 1.54) is 0 Å². The smallest absolute Gasteiger partial charge is 0.422 e. The molecule has 0 fully saturated rings. The molecule has 0 saturated heterocycles. The Hall–Kier alpha value is -0.885. The van der Waals surface area contributed by atoms with Crippen molar-refractivity contribution in [1.29, 1.82) is 0 Å². The van der Waals surface area contributed by atoms with E-state index in [4.69, 9.17) is 10.5 Å². The summed E-state index contributed by atoms with van der Waals surface area (Å²) in [5.74, 6) is -0.241. The molecule has 0 aliphatic carbocycles. The lowest BCUT2D eigenvalue weighted by Gasteiger charge is -2.17. The fraction of sp³-hybridized carbons (Fsp3) is 0.700. The average Bonchev–Trinajstić information content (AvgIpc) is 2.29. The molecule has 0 aliphatic rings. The Kier molecular flexibility index (Phi) is 8.70. The maximum atomic E-state index is 11.6. The monoisotopic (exact) mass is 243 g/mol. The summed E-state index contributed by atoms with van der Waals surface area (Å²) in [6.07, 6.45) is 1.92. The van der Waals surface area contributed by atoms with Crippen molar-refractivity contribution in [1.82, 2.24) is 10.8 Å². The fourth-order valence-electron chi connectivity index (χ4n) is 0.967. The third-order valence-corrected chi connectivity index (χ3v) is 2.13. The molecule has 0 aromatic heterocycles. The van der Waals surface area contributed by atoms with Crippen LogP contribution in [0.25, 0.3) is 0 Å². The molecule has 1 atom stereocenters. The topological polar surface area (TPSA) is 96.6 Å². The zero-order chi connectivity index (χ0) is 13.3. The largest absolute Gasteiger partial charge is 0.503 e. The van der Waals surface area contributed by atoms with E-state index in [0.717, 1.165) is 12.8 Å². The minimum absolute atomic E-state index is 0.0842. The van der Waals surface area contributed by atoms with Crippen molar-refractivity contribution in [2.45, 2.75) is 32.7 Å². The molecule has 0 radical (unpaired) electrons. The first kappa shape index (κ1) is 16.1. The molecule has 7 heteroatoms. The van der Waals surface area contributed by atoms with Gasteiger partial charge in [0.25, 0.3) is 0 Å². The predicted molar refractivity (Wildman–Crippen MR) is 67.8 cm³/mol. The van der Waals surface area contributed by atoms with Crippen molar-refractivity contribution < 1.29 is 14.6 Å². The first-order valence-electron chi connectivity index (χ1n) is 5.75. The van der Waals surface area contributed by atoms with Gasteiger partial charge in [-0.15, -0.1) is 6.58 Å². The molecule has 98 valence electrons. The highest BCUT2D eigenvalue weighted by Gasteiger charge is 2.20. The summed E-state index contributed by atoms with van der Waals surface area (Å²) >= 11 is 0. The second-order valence-corrected chi connectivity index (χ2v) is 3.87. The van der Waals surface area contributed by atoms with Crippen LogP contribution >= 0.6 is 0 Å². The van der Waals surface area contributed by atoms with E-state index in [0.29, 0.717) is 12.0 Å². The molecule has 0 unspecified atom stereocenters. The van der Waals surface area contributed by atoms with Gasteiger partial charge in [-0.2, -0.15) is 0 Å². The van der Waals surface area contributed by atoms with Crippen molar-refractivity contribution in [3.8, 4) is 0 Å². The SMILES string of the molecule is C=C(C)B(O)ON[C@@H](CN)C(=O)NCCCC. The molecule has 5 N–H and O–H groups in total. The minimum Gasteiger partial charge on any atom is -0.422 e. The molecule has 0 heterocycles. The first-order valence-corrected chi connectivity index (χ1v) is 5.75. The van der Waals surface area contributed by atoms with Crippen LogP contribution in [0.3, 0.4) is 0 Å². The number of hydrogen-bond acceptors (Lipinski definition) is 5. The van der Waals surface area contributed by atoms with Gasteiger partial charge in [0.1, 0.15) is 6.04 Å². The zero-order valence-electron chi connectivity index (χ0n) is 10.5. The van der Waals surface area contributed by atoms with Crippen LogP contribution in [0.2, 0.25) is 0 Å². The van der Waals surface area contributed by atoms with Crippen molar-refractivity contribution in [3.63, 3.8) is 0 Å². The number of amides is 1. The van der Waals surface area contributed by atoms with E-state index in [2.05, 4.69) is 17.4 Å². The van der Waals surface area contributed by atoms with E-state index in [9.17, 15) is 9.82 Å². The van der Waals surface area contributed by atoms with Gasteiger partial charge in [-0.3, -0.25) is 4.79 Å². The van der Waals surface area contributed by atoms with Crippen molar-refractivity contribution in [2.24, 2.45) is 5.73 Å². The third kappa shape index (κ3) is 7.12. The van der Waals surface area contributed by atoms with Gasteiger partial charge in [0.15, 0.2) is 0 Å². The predicted octanol–water partition coefficient (Wildman–Crippen LogP) is -0.653. The summed E-state index contributed by atoms with van der Waals surface area (Å²) < 4.78 is 4.85. The standard InChI is InChI=1S/C10H22BN3O3/c1-4-5-6-13-10(15)9(7-12)14-17-11(16)8(2)3/h9,14,16H,2,4-7,12H2,1,3H3,(H,13,15)/t9-/m0/s1. The number of nitrogens with two attached hydrogens (primary N) is 1. The van der Waals surface area contributed by atoms with Crippen LogP contribution in [0.15, 0.2) is 12.1 Å². The van der Waals surface area contributed by atoms with Crippen LogP contribution in [0.5, 0.6) is 0 Å². The Labute approximate surface area is 103 Å². The van der Waals surface area contributed by atoms with E-state index < -0.39 is 13.2 Å². The normalized spacial score (nSPS) is 12.0. The molecule has 0 spiro atoms. The molecule has 6 nitrogen and oxygen atoms in total. The van der Waals surface area contributed by atoms with Gasteiger partial charge in [0.05, 0.1) is 0 Å². The van der Waals surface area contributed by atoms with Crippen molar-refractivity contribution >= 4 is 13.0 Å². The number of hydrogen-bond donors (Lipinski definition) is 4. The molecule has 0 bridgehead atoms. The summed E-state index contributed by atoms with van der Waals surface area (Å²) in [7, 11) is -1.15. The number of unbranched alkanes of at least 4 members (excludes halogenated alkanes) is 1. The molecule has 1 amide bonds. The summed E-state index contributed by atoms with van der Waals surface area (Å²) in [6.45, 7) is 7.86. The van der Waals surface area contributed by atoms with Crippen LogP contribution in [0.1, 0.15) is 26.7 Å². The molecule has 0 saturated carbocycles. The highest BCUT2D eigenvalue weighted by molar-refractivity contribution is 6.51. The van der Waals surface area contributed by atoms with E-state index in [1.54, 1.807) is 6.92 Å². The van der Waals surface area contributed by atoms with Crippen molar-refractivity contribution in [2.75, 3.05) is 13.1 Å². The molecule has 0 aromatic carbocycles. The fourth-order valence-corrected chi connectivity index (χ4v) is 0.967. The van der Waals surface area contributed by atoms with Gasteiger partial charge in [-0.05, 0) is 18.8 Å². The van der Waals surface area contributed by atoms with E-state index in [1.807, 2.05) is 6.92 Å². The second kappa shape index (κ2) is 9.18. The zero-order valence-corrected chi connectivity index (χ0v) is 10.5. The highest BCUT2D eigenvalue weighted by Crippen LogP contribution is 1.93. The maximum Gasteiger partial charge on any atom is 0.503 e. The van der Waals surface area contributed by atoms with Crippen LogP contribution in [-0.2, 0) is 9.55 Å². The van der Waals surface area contributed by atoms with E-state index >= 15 is 0 Å². The lowest BCUT2D eigenvalue weighted by Crippen LogP contribution is -2.50. The summed E-state index contributed by atoms with van der Waals surface area (Å²) in [6, 6.07) is -0.680. The number of allylic oxidation sites excluding steroid dienone is 1. The molecule has 0 aliphatic heterocycles. The van der Waals surface area contributed by atoms with Crippen LogP contribution in [0, 0.1) is 0 Å². The highest BCUT2D eigenvalue weighted by atomic mass is 16.7. The van der Waals surface area contributed by atoms with E-state index in [-0.39, 0.29) is 12.5 Å². The maximum absolute atomic E-state index is 11.6. The van der Waals surface area contributed by atoms with Gasteiger partial charge in [-0.1, -0.05) is 13.3 Å². The van der Waals surface area contributed by atoms with Gasteiger partial charge in [-0.25, -0.2) is 5.48 Å². The summed E-state index contributed by atoms with van der Waals surface area (Å²) in [5.41, 5.74) is 8.31. The third-order valence-electron chi connectivity index (χ3n) is 2.13. The number of nitrogens with one attached hydrogen (secondary N) is 2. The van der Waals surface area contributed by atoms with Gasteiger partial charge in [0.2, 0.25) is 5.91 Å². The Morgan fingerprint density at radius 1 is 1.65 bits per heavy atom. The average molecular weight is 243 g/mol. The number of hydroxylamine groups is 1. The quantitative estimate of drug-likeness (QED) is 0.245. The van der Waals surface area contributed by atoms with Crippen molar-refractivity contribution in [3.05, 3.63) is 12.1 Å². The Morgan fingerprint density at radius 2 is 2.29 bits per heavy atom. The summed E-state index contributed by atoms with van der Waals surface area (Å²) in [5, 5.41) is 12.0. The number of carbonyl (C=O) groups is 1. The van der Waals surface area contributed by atoms with Crippen LogP contribution < -0.4 is 16.5 Å². The van der Waals surface area contributed by atoms with Gasteiger partial charge in [0, 0.05) is 13.1 Å². The Morgan fingerprint density at radius 3 is 2.76 bits per heavy atom. The number of carbonyl (C=O) groups excluding carboxylic acids is 1. The lowest BCUT2D eigenvalue weighted by atomic mass is 9.82. The minimum atomic E-state index is -1.15. The van der Waals surface area contributed by atoms with Crippen LogP contribution in [0.4, 0.5) is 0 Å². The summed E-state index contributed by atoms with van der Waals surface area (Å²) in [4.78, 5) is 11.6. The molecule has 0 aromatic rings. The molecule has 0 rings (SSSR count).